The van der Waals surface area contributed by atoms with Crippen LogP contribution in [0, 0.1) is 0 Å². The van der Waals surface area contributed by atoms with Crippen LogP contribution in [0.1, 0.15) is 0 Å². The topological polar surface area (TPSA) is 25.8 Å². The molecule has 2 heterocycles. The molecule has 0 aliphatic rings. The van der Waals surface area contributed by atoms with Crippen molar-refractivity contribution < 1.29 is 13.0 Å². The van der Waals surface area contributed by atoms with E-state index in [1.165, 1.54) is 0 Å². The minimum Gasteiger partial charge on any atom is -0.255 e. The van der Waals surface area contributed by atoms with Gasteiger partial charge in [0, 0.05) is 12.4 Å². The van der Waals surface area contributed by atoms with Crippen LogP contribution in [0.25, 0.3) is 11.4 Å². The Morgan fingerprint density at radius 1 is 0.750 bits per heavy atom. The molecule has 0 unspecified atom stereocenters. The Morgan fingerprint density at radius 2 is 1.12 bits per heavy atom. The SMILES string of the molecule is [Cl][Ru]([Cl])[Cl].c1ccc(-c2ccccn2)nc1. The van der Waals surface area contributed by atoms with E-state index in [1.807, 2.05) is 36.4 Å². The summed E-state index contributed by atoms with van der Waals surface area (Å²) in [6.07, 6.45) is 3.54. The van der Waals surface area contributed by atoms with Gasteiger partial charge in [0.25, 0.3) is 0 Å². The van der Waals surface area contributed by atoms with E-state index in [0.29, 0.717) is 0 Å². The average molecular weight is 364 g/mol. The molecule has 0 amide bonds. The van der Waals surface area contributed by atoms with Crippen LogP contribution in [-0.4, -0.2) is 9.97 Å². The maximum absolute atomic E-state index is 4.95. The molecule has 0 bridgehead atoms. The molecule has 0 radical (unpaired) electrons. The Morgan fingerprint density at radius 3 is 1.38 bits per heavy atom. The smallest absolute Gasteiger partial charge is 0.0886 e. The van der Waals surface area contributed by atoms with Crippen molar-refractivity contribution >= 4 is 29.1 Å². The average Bonchev–Trinajstić information content (AvgIpc) is 2.31. The zero-order chi connectivity index (χ0) is 11.8. The van der Waals surface area contributed by atoms with Crippen LogP contribution in [0.15, 0.2) is 48.8 Å². The van der Waals surface area contributed by atoms with Gasteiger partial charge in [-0.2, -0.15) is 0 Å². The van der Waals surface area contributed by atoms with Crippen molar-refractivity contribution in [1.82, 2.24) is 9.97 Å². The minimum atomic E-state index is -1.75. The van der Waals surface area contributed by atoms with Crippen LogP contribution in [0.5, 0.6) is 0 Å². The van der Waals surface area contributed by atoms with Crippen molar-refractivity contribution in [1.29, 1.82) is 0 Å². The molecule has 0 aliphatic heterocycles. The van der Waals surface area contributed by atoms with Crippen LogP contribution in [0.3, 0.4) is 0 Å². The van der Waals surface area contributed by atoms with E-state index in [9.17, 15) is 0 Å². The zero-order valence-electron chi connectivity index (χ0n) is 8.00. The molecule has 0 saturated heterocycles. The van der Waals surface area contributed by atoms with Crippen molar-refractivity contribution in [2.45, 2.75) is 0 Å². The molecule has 0 atom stereocenters. The quantitative estimate of drug-likeness (QED) is 0.709. The number of rotatable bonds is 1. The van der Waals surface area contributed by atoms with Crippen molar-refractivity contribution in [2.24, 2.45) is 0 Å². The Bertz CT molecular complexity index is 357. The second kappa shape index (κ2) is 7.97. The number of hydrogen-bond acceptors (Lipinski definition) is 2. The molecule has 0 saturated carbocycles. The van der Waals surface area contributed by atoms with Crippen LogP contribution in [0.2, 0.25) is 0 Å². The van der Waals surface area contributed by atoms with Crippen LogP contribution >= 0.6 is 29.1 Å². The predicted molar refractivity (Wildman–Crippen MR) is 65.0 cm³/mol. The molecule has 16 heavy (non-hydrogen) atoms. The second-order valence-corrected chi connectivity index (χ2v) is 10.5. The van der Waals surface area contributed by atoms with E-state index in [1.54, 1.807) is 12.4 Å². The normalized spacial score (nSPS) is 10.1. The van der Waals surface area contributed by atoms with Crippen molar-refractivity contribution in [3.8, 4) is 11.4 Å². The number of aromatic nitrogens is 2. The van der Waals surface area contributed by atoms with Gasteiger partial charge < -0.3 is 0 Å². The molecule has 0 N–H and O–H groups in total. The van der Waals surface area contributed by atoms with E-state index in [-0.39, 0.29) is 0 Å². The van der Waals surface area contributed by atoms with Gasteiger partial charge in [-0.05, 0) is 24.3 Å². The molecule has 0 aromatic carbocycles. The summed E-state index contributed by atoms with van der Waals surface area (Å²) in [4.78, 5) is 8.37. The summed E-state index contributed by atoms with van der Waals surface area (Å²) in [6, 6.07) is 11.6. The summed E-state index contributed by atoms with van der Waals surface area (Å²) in [5, 5.41) is 0. The van der Waals surface area contributed by atoms with Gasteiger partial charge in [0.15, 0.2) is 0 Å². The van der Waals surface area contributed by atoms with Gasteiger partial charge in [0.2, 0.25) is 0 Å². The van der Waals surface area contributed by atoms with Gasteiger partial charge in [-0.25, -0.2) is 0 Å². The Hall–Kier alpha value is -0.207. The van der Waals surface area contributed by atoms with Gasteiger partial charge in [-0.15, -0.1) is 0 Å². The zero-order valence-corrected chi connectivity index (χ0v) is 12.0. The van der Waals surface area contributed by atoms with Crippen molar-refractivity contribution in [2.75, 3.05) is 0 Å². The molecule has 0 fully saturated rings. The molecule has 2 nitrogen and oxygen atoms in total. The third-order valence-corrected chi connectivity index (χ3v) is 1.59. The van der Waals surface area contributed by atoms with Crippen LogP contribution in [0.4, 0.5) is 0 Å². The van der Waals surface area contributed by atoms with Crippen molar-refractivity contribution in [3.05, 3.63) is 48.8 Å². The van der Waals surface area contributed by atoms with Crippen LogP contribution in [-0.2, 0) is 13.0 Å². The van der Waals surface area contributed by atoms with Crippen LogP contribution < -0.4 is 0 Å². The maximum atomic E-state index is 4.95. The van der Waals surface area contributed by atoms with E-state index in [4.69, 9.17) is 29.1 Å². The summed E-state index contributed by atoms with van der Waals surface area (Å²) in [5.74, 6) is 0. The molecule has 0 spiro atoms. The molecular weight excluding hydrogens is 356 g/mol. The second-order valence-electron chi connectivity index (χ2n) is 2.58. The first-order chi connectivity index (χ1) is 7.70. The molecule has 2 aromatic rings. The fourth-order valence-electron chi connectivity index (χ4n) is 1.03. The summed E-state index contributed by atoms with van der Waals surface area (Å²) in [6.45, 7) is 0. The molecule has 0 aliphatic carbocycles. The maximum Gasteiger partial charge on any atom is 0.0886 e. The van der Waals surface area contributed by atoms with Gasteiger partial charge >= 0.3 is 42.1 Å². The number of pyridine rings is 2. The molecule has 2 aromatic heterocycles. The largest absolute Gasteiger partial charge is 0.255 e. The Labute approximate surface area is 112 Å². The monoisotopic (exact) mass is 363 g/mol. The minimum absolute atomic E-state index is 0.915. The molecule has 6 heteroatoms. The Balaban J connectivity index is 0.000000280. The third kappa shape index (κ3) is 5.76. The number of nitrogens with zero attached hydrogens (tertiary/aromatic N) is 2. The first-order valence-electron chi connectivity index (χ1n) is 4.19. The van der Waals surface area contributed by atoms with Gasteiger partial charge in [0.05, 0.1) is 11.4 Å². The standard InChI is InChI=1S/C10H8N2.3ClH.Ru/c1-3-7-11-9(5-1)10-6-2-4-8-12-10;;;;/h1-8H;3*1H;/q;;;;+3/p-3. The Kier molecular flexibility index (Phi) is 6.90. The first-order valence-corrected chi connectivity index (χ1v) is 10.9. The third-order valence-electron chi connectivity index (χ3n) is 1.59. The van der Waals surface area contributed by atoms with Crippen molar-refractivity contribution in [3.63, 3.8) is 0 Å². The number of halogens is 3. The molecular formula is C10H8Cl3N2Ru. The summed E-state index contributed by atoms with van der Waals surface area (Å²) < 4.78 is 0. The van der Waals surface area contributed by atoms with E-state index < -0.39 is 13.0 Å². The number of hydrogen-bond donors (Lipinski definition) is 0. The molecule has 2 rings (SSSR count). The summed E-state index contributed by atoms with van der Waals surface area (Å²) >= 11 is -1.75. The van der Waals surface area contributed by atoms with E-state index in [2.05, 4.69) is 9.97 Å². The van der Waals surface area contributed by atoms with Gasteiger partial charge in [0.1, 0.15) is 0 Å². The van der Waals surface area contributed by atoms with E-state index >= 15 is 0 Å². The summed E-state index contributed by atoms with van der Waals surface area (Å²) in [5.41, 5.74) is 1.83. The summed E-state index contributed by atoms with van der Waals surface area (Å²) in [7, 11) is 14.8. The fourth-order valence-corrected chi connectivity index (χ4v) is 1.03. The van der Waals surface area contributed by atoms with E-state index in [0.717, 1.165) is 11.4 Å². The predicted octanol–water partition coefficient (Wildman–Crippen LogP) is 4.21. The van der Waals surface area contributed by atoms with Gasteiger partial charge in [-0.3, -0.25) is 9.97 Å². The van der Waals surface area contributed by atoms with Gasteiger partial charge in [-0.1, -0.05) is 12.1 Å². The first kappa shape index (κ1) is 13.9. The molecule has 87 valence electrons. The fraction of sp³-hybridized carbons (Fsp3) is 0.